The van der Waals surface area contributed by atoms with Gasteiger partial charge in [-0.2, -0.15) is 4.52 Å². The Balaban J connectivity index is 1.51. The molecule has 1 amide bonds. The van der Waals surface area contributed by atoms with Crippen LogP contribution >= 0.6 is 0 Å². The molecule has 1 aliphatic rings. The van der Waals surface area contributed by atoms with Gasteiger partial charge in [-0.15, -0.1) is 10.2 Å². The lowest BCUT2D eigenvalue weighted by Gasteiger charge is -2.20. The number of esters is 1. The zero-order chi connectivity index (χ0) is 23.6. The maximum absolute atomic E-state index is 12.9. The number of aromatic nitrogens is 4. The van der Waals surface area contributed by atoms with E-state index in [9.17, 15) is 22.8 Å². The van der Waals surface area contributed by atoms with Gasteiger partial charge in [-0.25, -0.2) is 22.7 Å². The molecule has 0 aliphatic heterocycles. The molecule has 3 aromatic rings. The minimum Gasteiger partial charge on any atom is -0.465 e. The van der Waals surface area contributed by atoms with Crippen molar-refractivity contribution in [1.82, 2.24) is 19.4 Å². The van der Waals surface area contributed by atoms with Crippen LogP contribution in [0.2, 0.25) is 0 Å². The standard InChI is InChI=1S/C21H23N5O6S/c1-32-20(28)14-7-9-15(10-8-14)22-18(27)13-25-21(29)26-17(23-25)11-12-19(24-26)33(30,31)16-5-3-2-4-6-16/h7-12,16H,2-6,13H2,1H3,(H,22,27). The molecule has 1 aliphatic carbocycles. The second-order valence-electron chi connectivity index (χ2n) is 7.80. The molecule has 1 saturated carbocycles. The molecule has 2 aromatic heterocycles. The van der Waals surface area contributed by atoms with E-state index >= 15 is 0 Å². The number of nitrogens with zero attached hydrogens (tertiary/aromatic N) is 4. The van der Waals surface area contributed by atoms with Crippen molar-refractivity contribution in [2.75, 3.05) is 12.4 Å². The summed E-state index contributed by atoms with van der Waals surface area (Å²) in [6.07, 6.45) is 3.88. The van der Waals surface area contributed by atoms with Gasteiger partial charge in [0.05, 0.1) is 17.9 Å². The maximum atomic E-state index is 12.9. The van der Waals surface area contributed by atoms with Crippen molar-refractivity contribution in [3.05, 3.63) is 52.4 Å². The molecule has 1 fully saturated rings. The molecule has 12 heteroatoms. The Kier molecular flexibility index (Phi) is 6.27. The van der Waals surface area contributed by atoms with E-state index in [-0.39, 0.29) is 10.7 Å². The zero-order valence-electron chi connectivity index (χ0n) is 17.9. The van der Waals surface area contributed by atoms with Crippen molar-refractivity contribution in [3.8, 4) is 0 Å². The highest BCUT2D eigenvalue weighted by Crippen LogP contribution is 2.27. The van der Waals surface area contributed by atoms with Crippen LogP contribution in [0.25, 0.3) is 5.65 Å². The fraction of sp³-hybridized carbons (Fsp3) is 0.381. The molecule has 0 bridgehead atoms. The van der Waals surface area contributed by atoms with Crippen molar-refractivity contribution in [1.29, 1.82) is 0 Å². The average Bonchev–Trinajstić information content (AvgIpc) is 3.14. The van der Waals surface area contributed by atoms with E-state index in [2.05, 4.69) is 20.3 Å². The molecule has 0 saturated heterocycles. The number of rotatable bonds is 6. The summed E-state index contributed by atoms with van der Waals surface area (Å²) in [5.74, 6) is -1.03. The smallest absolute Gasteiger partial charge is 0.367 e. The Hall–Kier alpha value is -3.54. The van der Waals surface area contributed by atoms with Crippen LogP contribution in [-0.4, -0.2) is 52.0 Å². The summed E-state index contributed by atoms with van der Waals surface area (Å²) in [7, 11) is -2.38. The maximum Gasteiger partial charge on any atom is 0.367 e. The molecule has 0 radical (unpaired) electrons. The minimum absolute atomic E-state index is 0.137. The first-order valence-electron chi connectivity index (χ1n) is 10.5. The van der Waals surface area contributed by atoms with Gasteiger partial charge < -0.3 is 10.1 Å². The topological polar surface area (TPSA) is 142 Å². The van der Waals surface area contributed by atoms with Crippen LogP contribution in [0.5, 0.6) is 0 Å². The van der Waals surface area contributed by atoms with Crippen molar-refractivity contribution < 1.29 is 22.7 Å². The number of nitrogens with one attached hydrogen (secondary N) is 1. The van der Waals surface area contributed by atoms with Crippen molar-refractivity contribution in [3.63, 3.8) is 0 Å². The van der Waals surface area contributed by atoms with Crippen LogP contribution in [0.15, 0.2) is 46.2 Å². The molecule has 0 atom stereocenters. The van der Waals surface area contributed by atoms with Gasteiger partial charge in [-0.3, -0.25) is 4.79 Å². The Labute approximate surface area is 189 Å². The summed E-state index contributed by atoms with van der Waals surface area (Å²) in [6, 6.07) is 8.80. The van der Waals surface area contributed by atoms with Gasteiger partial charge in [0.1, 0.15) is 6.54 Å². The lowest BCUT2D eigenvalue weighted by molar-refractivity contribution is -0.117. The Morgan fingerprint density at radius 2 is 1.76 bits per heavy atom. The molecule has 1 aromatic carbocycles. The third-order valence-electron chi connectivity index (χ3n) is 5.58. The normalized spacial score (nSPS) is 14.8. The van der Waals surface area contributed by atoms with Crippen molar-refractivity contribution in [2.24, 2.45) is 0 Å². The molecule has 2 heterocycles. The van der Waals surface area contributed by atoms with Gasteiger partial charge in [0.25, 0.3) is 0 Å². The third-order valence-corrected chi connectivity index (χ3v) is 7.73. The predicted octanol–water partition coefficient (Wildman–Crippen LogP) is 1.42. The quantitative estimate of drug-likeness (QED) is 0.530. The summed E-state index contributed by atoms with van der Waals surface area (Å²) in [5.41, 5.74) is 0.167. The number of fused-ring (bicyclic) bond motifs is 1. The molecule has 0 spiro atoms. The van der Waals surface area contributed by atoms with Gasteiger partial charge in [0, 0.05) is 5.69 Å². The number of methoxy groups -OCH3 is 1. The van der Waals surface area contributed by atoms with E-state index < -0.39 is 39.2 Å². The van der Waals surface area contributed by atoms with Gasteiger partial charge in [0.15, 0.2) is 20.5 Å². The summed E-state index contributed by atoms with van der Waals surface area (Å²) in [4.78, 5) is 36.6. The van der Waals surface area contributed by atoms with E-state index in [1.807, 2.05) is 0 Å². The number of sulfone groups is 1. The summed E-state index contributed by atoms with van der Waals surface area (Å²) in [5, 5.41) is 10.0. The van der Waals surface area contributed by atoms with E-state index in [4.69, 9.17) is 0 Å². The van der Waals surface area contributed by atoms with E-state index in [0.29, 0.717) is 24.1 Å². The summed E-state index contributed by atoms with van der Waals surface area (Å²) >= 11 is 0. The van der Waals surface area contributed by atoms with Crippen molar-refractivity contribution in [2.45, 2.75) is 48.9 Å². The largest absolute Gasteiger partial charge is 0.465 e. The van der Waals surface area contributed by atoms with Crippen LogP contribution in [0.1, 0.15) is 42.5 Å². The number of hydrogen-bond donors (Lipinski definition) is 1. The second kappa shape index (κ2) is 9.14. The van der Waals surface area contributed by atoms with Gasteiger partial charge in [-0.1, -0.05) is 19.3 Å². The van der Waals surface area contributed by atoms with E-state index in [1.165, 1.54) is 43.5 Å². The lowest BCUT2D eigenvalue weighted by atomic mass is 10.0. The highest BCUT2D eigenvalue weighted by Gasteiger charge is 2.30. The monoisotopic (exact) mass is 473 g/mol. The molecule has 174 valence electrons. The Morgan fingerprint density at radius 3 is 2.42 bits per heavy atom. The molecule has 4 rings (SSSR count). The molecule has 0 unspecified atom stereocenters. The van der Waals surface area contributed by atoms with Crippen LogP contribution in [0, 0.1) is 0 Å². The number of amides is 1. The van der Waals surface area contributed by atoms with Crippen LogP contribution in [0.4, 0.5) is 5.69 Å². The van der Waals surface area contributed by atoms with Crippen molar-refractivity contribution >= 4 is 33.0 Å². The van der Waals surface area contributed by atoms with Gasteiger partial charge in [0.2, 0.25) is 5.91 Å². The first kappa shape index (κ1) is 22.6. The average molecular weight is 474 g/mol. The predicted molar refractivity (Wildman–Crippen MR) is 118 cm³/mol. The van der Waals surface area contributed by atoms with E-state index in [1.54, 1.807) is 0 Å². The second-order valence-corrected chi connectivity index (χ2v) is 9.98. The fourth-order valence-corrected chi connectivity index (χ4v) is 5.59. The molecule has 1 N–H and O–H groups in total. The Morgan fingerprint density at radius 1 is 1.06 bits per heavy atom. The van der Waals surface area contributed by atoms with E-state index in [0.717, 1.165) is 28.5 Å². The van der Waals surface area contributed by atoms with Gasteiger partial charge in [-0.05, 0) is 49.2 Å². The number of benzene rings is 1. The molecular weight excluding hydrogens is 450 g/mol. The minimum atomic E-state index is -3.66. The van der Waals surface area contributed by atoms with Crippen LogP contribution in [-0.2, 0) is 25.9 Å². The molecular formula is C21H23N5O6S. The number of hydrogen-bond acceptors (Lipinski definition) is 8. The zero-order valence-corrected chi connectivity index (χ0v) is 18.7. The first-order valence-corrected chi connectivity index (χ1v) is 12.0. The fourth-order valence-electron chi connectivity index (χ4n) is 3.84. The molecule has 33 heavy (non-hydrogen) atoms. The van der Waals surface area contributed by atoms with Gasteiger partial charge >= 0.3 is 11.7 Å². The number of ether oxygens (including phenoxy) is 1. The SMILES string of the molecule is COC(=O)c1ccc(NC(=O)Cn2nc3ccc(S(=O)(=O)C4CCCCC4)nn3c2=O)cc1. The first-order chi connectivity index (χ1) is 15.8. The number of anilines is 1. The third kappa shape index (κ3) is 4.65. The summed E-state index contributed by atoms with van der Waals surface area (Å²) in [6.45, 7) is -0.397. The van der Waals surface area contributed by atoms with Crippen LogP contribution < -0.4 is 11.0 Å². The lowest BCUT2D eigenvalue weighted by Crippen LogP contribution is -2.30. The van der Waals surface area contributed by atoms with Crippen LogP contribution in [0.3, 0.4) is 0 Å². The molecule has 11 nitrogen and oxygen atoms in total. The number of carbonyl (C=O) groups excluding carboxylic acids is 2. The number of carbonyl (C=O) groups is 2. The highest BCUT2D eigenvalue weighted by atomic mass is 32.2. The Bertz CT molecular complexity index is 1350. The summed E-state index contributed by atoms with van der Waals surface area (Å²) < 4.78 is 32.3. The highest BCUT2D eigenvalue weighted by molar-refractivity contribution is 7.92.